The van der Waals surface area contributed by atoms with Gasteiger partial charge in [0.1, 0.15) is 11.8 Å². The van der Waals surface area contributed by atoms with Gasteiger partial charge in [0.25, 0.3) is 0 Å². The number of alkyl halides is 3. The summed E-state index contributed by atoms with van der Waals surface area (Å²) in [6.07, 6.45) is -5.72. The summed E-state index contributed by atoms with van der Waals surface area (Å²) in [7, 11) is 1.48. The Morgan fingerprint density at radius 3 is 2.54 bits per heavy atom. The van der Waals surface area contributed by atoms with Gasteiger partial charge in [-0.15, -0.1) is 0 Å². The largest absolute Gasteiger partial charge is 0.497 e. The molecule has 0 saturated carbocycles. The summed E-state index contributed by atoms with van der Waals surface area (Å²) in [5.74, 6) is -1.78. The van der Waals surface area contributed by atoms with Crippen LogP contribution in [0.2, 0.25) is 0 Å². The van der Waals surface area contributed by atoms with Gasteiger partial charge in [-0.3, -0.25) is 5.43 Å². The molecule has 0 unspecified atom stereocenters. The molecule has 1 aromatic carbocycles. The third-order valence-electron chi connectivity index (χ3n) is 4.03. The molecule has 3 rings (SSSR count). The summed E-state index contributed by atoms with van der Waals surface area (Å²) in [5.41, 5.74) is 7.45. The fourth-order valence-electron chi connectivity index (χ4n) is 2.96. The van der Waals surface area contributed by atoms with Crippen LogP contribution in [-0.4, -0.2) is 25.2 Å². The van der Waals surface area contributed by atoms with Crippen LogP contribution in [0.15, 0.2) is 40.8 Å². The number of nitriles is 1. The maximum absolute atomic E-state index is 13.3. The number of nitrogens with zero attached hydrogens (tertiary/aromatic N) is 2. The summed E-state index contributed by atoms with van der Waals surface area (Å²) in [6, 6.07) is 8.28. The number of hydrogen-bond donors (Lipinski definition) is 2. The number of methoxy groups -OCH3 is 1. The first-order valence-corrected chi connectivity index (χ1v) is 6.97. The Bertz CT molecular complexity index is 749. The van der Waals surface area contributed by atoms with Gasteiger partial charge in [-0.05, 0) is 17.7 Å². The van der Waals surface area contributed by atoms with Gasteiger partial charge in [-0.1, -0.05) is 12.1 Å². The van der Waals surface area contributed by atoms with Crippen LogP contribution in [0.3, 0.4) is 0 Å². The van der Waals surface area contributed by atoms with Crippen molar-refractivity contribution in [3.63, 3.8) is 0 Å². The SMILES string of the molecule is COc1ccc([C@@H]2C(C#N)=C(N)O[C@H]3NN=C(C(F)(F)F)[C@H]32)cc1. The molecule has 24 heavy (non-hydrogen) atoms. The van der Waals surface area contributed by atoms with Gasteiger partial charge in [0, 0.05) is 5.92 Å². The van der Waals surface area contributed by atoms with Crippen LogP contribution in [0, 0.1) is 17.2 Å². The molecule has 9 heteroatoms. The number of halogens is 3. The van der Waals surface area contributed by atoms with Gasteiger partial charge in [0.15, 0.2) is 11.9 Å². The van der Waals surface area contributed by atoms with Crippen LogP contribution in [0.25, 0.3) is 0 Å². The van der Waals surface area contributed by atoms with E-state index in [9.17, 15) is 18.4 Å². The Morgan fingerprint density at radius 2 is 2.00 bits per heavy atom. The average molecular weight is 338 g/mol. The minimum Gasteiger partial charge on any atom is -0.497 e. The predicted octanol–water partition coefficient (Wildman–Crippen LogP) is 1.97. The standard InChI is InChI=1S/C15H13F3N4O2/c1-23-8-4-2-7(3-5-8)10-9(6-19)13(20)24-14-11(10)12(21-22-14)15(16,17)18/h2-5,10-11,14,22H,20H2,1H3/t10-,11-,14-/m1/s1. The van der Waals surface area contributed by atoms with E-state index in [1.165, 1.54) is 7.11 Å². The Morgan fingerprint density at radius 1 is 1.33 bits per heavy atom. The van der Waals surface area contributed by atoms with E-state index in [1.807, 2.05) is 6.07 Å². The minimum absolute atomic E-state index is 0.0536. The molecule has 1 aromatic rings. The smallest absolute Gasteiger partial charge is 0.431 e. The highest BCUT2D eigenvalue weighted by molar-refractivity contribution is 5.94. The third-order valence-corrected chi connectivity index (χ3v) is 4.03. The number of benzene rings is 1. The highest BCUT2D eigenvalue weighted by Crippen LogP contribution is 2.45. The predicted molar refractivity (Wildman–Crippen MR) is 77.6 cm³/mol. The first-order valence-electron chi connectivity index (χ1n) is 6.97. The van der Waals surface area contributed by atoms with E-state index in [1.54, 1.807) is 24.3 Å². The number of rotatable bonds is 2. The maximum Gasteiger partial charge on any atom is 0.431 e. The average Bonchev–Trinajstić information content (AvgIpc) is 2.97. The van der Waals surface area contributed by atoms with Crippen LogP contribution in [0.4, 0.5) is 13.2 Å². The Kier molecular flexibility index (Phi) is 3.75. The molecule has 2 heterocycles. The van der Waals surface area contributed by atoms with E-state index in [4.69, 9.17) is 15.2 Å². The van der Waals surface area contributed by atoms with Crippen molar-refractivity contribution in [3.8, 4) is 11.8 Å². The van der Waals surface area contributed by atoms with E-state index in [2.05, 4.69) is 10.5 Å². The summed E-state index contributed by atoms with van der Waals surface area (Å²) < 4.78 is 50.1. The number of allylic oxidation sites excluding steroid dienone is 1. The molecule has 0 amide bonds. The van der Waals surface area contributed by atoms with Gasteiger partial charge in [0.2, 0.25) is 5.88 Å². The molecule has 0 radical (unpaired) electrons. The maximum atomic E-state index is 13.3. The highest BCUT2D eigenvalue weighted by atomic mass is 19.4. The summed E-state index contributed by atoms with van der Waals surface area (Å²) in [4.78, 5) is 0. The second-order valence-corrected chi connectivity index (χ2v) is 5.33. The first-order chi connectivity index (χ1) is 11.4. The monoisotopic (exact) mass is 338 g/mol. The van der Waals surface area contributed by atoms with Crippen molar-refractivity contribution in [2.24, 2.45) is 16.8 Å². The lowest BCUT2D eigenvalue weighted by molar-refractivity contribution is -0.0661. The van der Waals surface area contributed by atoms with Crippen LogP contribution < -0.4 is 15.9 Å². The van der Waals surface area contributed by atoms with E-state index in [0.717, 1.165) is 0 Å². The number of fused-ring (bicyclic) bond motifs is 1. The van der Waals surface area contributed by atoms with Crippen molar-refractivity contribution >= 4 is 5.71 Å². The minimum atomic E-state index is -4.65. The zero-order valence-corrected chi connectivity index (χ0v) is 12.5. The molecule has 0 fully saturated rings. The number of nitrogens with one attached hydrogen (secondary N) is 1. The van der Waals surface area contributed by atoms with Gasteiger partial charge >= 0.3 is 6.18 Å². The molecule has 3 atom stereocenters. The van der Waals surface area contributed by atoms with Crippen molar-refractivity contribution in [1.82, 2.24) is 5.43 Å². The number of ether oxygens (including phenoxy) is 2. The molecule has 0 spiro atoms. The lowest BCUT2D eigenvalue weighted by atomic mass is 9.76. The van der Waals surface area contributed by atoms with E-state index in [-0.39, 0.29) is 11.5 Å². The van der Waals surface area contributed by atoms with Gasteiger partial charge in [-0.2, -0.15) is 23.5 Å². The fourth-order valence-corrected chi connectivity index (χ4v) is 2.96. The van der Waals surface area contributed by atoms with E-state index in [0.29, 0.717) is 11.3 Å². The first kappa shape index (κ1) is 16.0. The molecule has 3 N–H and O–H groups in total. The Hall–Kier alpha value is -2.89. The molecular formula is C15H13F3N4O2. The number of nitrogens with two attached hydrogens (primary N) is 1. The van der Waals surface area contributed by atoms with Crippen molar-refractivity contribution in [1.29, 1.82) is 5.26 Å². The van der Waals surface area contributed by atoms with Crippen LogP contribution in [-0.2, 0) is 4.74 Å². The van der Waals surface area contributed by atoms with Crippen LogP contribution in [0.1, 0.15) is 11.5 Å². The number of hydrogen-bond acceptors (Lipinski definition) is 6. The molecule has 2 aliphatic heterocycles. The van der Waals surface area contributed by atoms with E-state index < -0.39 is 30.0 Å². The zero-order chi connectivity index (χ0) is 17.5. The summed E-state index contributed by atoms with van der Waals surface area (Å²) in [5, 5.41) is 12.7. The van der Waals surface area contributed by atoms with Crippen molar-refractivity contribution < 1.29 is 22.6 Å². The fraction of sp³-hybridized carbons (Fsp3) is 0.333. The molecule has 0 aromatic heterocycles. The molecule has 126 valence electrons. The zero-order valence-electron chi connectivity index (χ0n) is 12.5. The molecule has 6 nitrogen and oxygen atoms in total. The van der Waals surface area contributed by atoms with E-state index >= 15 is 0 Å². The Labute approximate surface area is 135 Å². The van der Waals surface area contributed by atoms with Gasteiger partial charge in [-0.25, -0.2) is 0 Å². The molecule has 2 aliphatic rings. The highest BCUT2D eigenvalue weighted by Gasteiger charge is 2.55. The van der Waals surface area contributed by atoms with Gasteiger partial charge < -0.3 is 15.2 Å². The second kappa shape index (κ2) is 5.63. The molecular weight excluding hydrogens is 325 g/mol. The quantitative estimate of drug-likeness (QED) is 0.860. The molecule has 0 bridgehead atoms. The second-order valence-electron chi connectivity index (χ2n) is 5.33. The van der Waals surface area contributed by atoms with Crippen LogP contribution in [0.5, 0.6) is 5.75 Å². The molecule has 0 aliphatic carbocycles. The summed E-state index contributed by atoms with van der Waals surface area (Å²) in [6.45, 7) is 0. The van der Waals surface area contributed by atoms with Crippen molar-refractivity contribution in [2.45, 2.75) is 18.3 Å². The summed E-state index contributed by atoms with van der Waals surface area (Å²) >= 11 is 0. The third kappa shape index (κ3) is 2.50. The lowest BCUT2D eigenvalue weighted by Crippen LogP contribution is -2.45. The Balaban J connectivity index is 2.10. The normalized spacial score (nSPS) is 26.0. The van der Waals surface area contributed by atoms with Crippen LogP contribution >= 0.6 is 0 Å². The topological polar surface area (TPSA) is 92.7 Å². The number of hydrazone groups is 1. The van der Waals surface area contributed by atoms with Gasteiger partial charge in [0.05, 0.1) is 18.6 Å². The van der Waals surface area contributed by atoms with Crippen molar-refractivity contribution in [2.75, 3.05) is 7.11 Å². The lowest BCUT2D eigenvalue weighted by Gasteiger charge is -2.34. The van der Waals surface area contributed by atoms with Crippen molar-refractivity contribution in [3.05, 3.63) is 41.3 Å². The molecule has 0 saturated heterocycles.